The standard InChI is InChI=1S/C9H14N2O/c1-2-4-10(5-3-1)11-6-8-12-9-7-11/h1-4H,5-9H2. The van der Waals surface area contributed by atoms with Crippen molar-refractivity contribution in [2.24, 2.45) is 0 Å². The fourth-order valence-corrected chi connectivity index (χ4v) is 1.48. The van der Waals surface area contributed by atoms with Crippen LogP contribution < -0.4 is 0 Å². The molecule has 2 aliphatic rings. The van der Waals surface area contributed by atoms with Crippen LogP contribution >= 0.6 is 0 Å². The molecule has 0 unspecified atom stereocenters. The molecule has 0 aliphatic carbocycles. The lowest BCUT2D eigenvalue weighted by Crippen LogP contribution is -2.46. The zero-order valence-electron chi connectivity index (χ0n) is 7.15. The molecule has 2 aliphatic heterocycles. The summed E-state index contributed by atoms with van der Waals surface area (Å²) in [6.07, 6.45) is 8.43. The summed E-state index contributed by atoms with van der Waals surface area (Å²) in [6, 6.07) is 0. The van der Waals surface area contributed by atoms with Gasteiger partial charge >= 0.3 is 0 Å². The van der Waals surface area contributed by atoms with Gasteiger partial charge in [-0.1, -0.05) is 12.2 Å². The van der Waals surface area contributed by atoms with Gasteiger partial charge in [0.1, 0.15) is 0 Å². The van der Waals surface area contributed by atoms with Gasteiger partial charge in [-0.05, 0) is 6.08 Å². The first-order chi connectivity index (χ1) is 5.97. The van der Waals surface area contributed by atoms with Crippen LogP contribution in [0, 0.1) is 0 Å². The van der Waals surface area contributed by atoms with E-state index in [1.165, 1.54) is 0 Å². The SMILES string of the molecule is C1=CCN(N2CCOCC2)C=C1. The number of allylic oxidation sites excluding steroid dienone is 2. The van der Waals surface area contributed by atoms with Crippen LogP contribution in [0.3, 0.4) is 0 Å². The predicted molar refractivity (Wildman–Crippen MR) is 47.4 cm³/mol. The van der Waals surface area contributed by atoms with E-state index in [1.807, 2.05) is 0 Å². The summed E-state index contributed by atoms with van der Waals surface area (Å²) >= 11 is 0. The normalized spacial score (nSPS) is 24.8. The summed E-state index contributed by atoms with van der Waals surface area (Å²) in [5, 5.41) is 4.56. The summed E-state index contributed by atoms with van der Waals surface area (Å²) in [7, 11) is 0. The van der Waals surface area contributed by atoms with Gasteiger partial charge in [0.15, 0.2) is 0 Å². The molecule has 0 aromatic carbocycles. The third-order valence-corrected chi connectivity index (χ3v) is 2.15. The second-order valence-corrected chi connectivity index (χ2v) is 2.96. The van der Waals surface area contributed by atoms with Crippen molar-refractivity contribution in [1.82, 2.24) is 10.0 Å². The van der Waals surface area contributed by atoms with E-state index in [1.54, 1.807) is 0 Å². The Bertz CT molecular complexity index is 195. The Morgan fingerprint density at radius 3 is 2.58 bits per heavy atom. The van der Waals surface area contributed by atoms with Crippen molar-refractivity contribution in [2.45, 2.75) is 0 Å². The van der Waals surface area contributed by atoms with Gasteiger partial charge in [-0.25, -0.2) is 5.01 Å². The first-order valence-corrected chi connectivity index (χ1v) is 4.39. The largest absolute Gasteiger partial charge is 0.379 e. The van der Waals surface area contributed by atoms with Crippen molar-refractivity contribution in [3.8, 4) is 0 Å². The molecule has 3 nitrogen and oxygen atoms in total. The Morgan fingerprint density at radius 1 is 1.08 bits per heavy atom. The summed E-state index contributed by atoms with van der Waals surface area (Å²) in [5.41, 5.74) is 0. The second kappa shape index (κ2) is 3.74. The van der Waals surface area contributed by atoms with Crippen molar-refractivity contribution in [3.05, 3.63) is 24.4 Å². The van der Waals surface area contributed by atoms with E-state index in [0.29, 0.717) is 0 Å². The summed E-state index contributed by atoms with van der Waals surface area (Å²) in [5.74, 6) is 0. The maximum atomic E-state index is 5.28. The number of hydrogen-bond acceptors (Lipinski definition) is 3. The van der Waals surface area contributed by atoms with Gasteiger partial charge in [0.05, 0.1) is 19.8 Å². The smallest absolute Gasteiger partial charge is 0.0612 e. The highest BCUT2D eigenvalue weighted by atomic mass is 16.5. The molecule has 0 aromatic rings. The number of nitrogens with zero attached hydrogens (tertiary/aromatic N) is 2. The molecule has 2 heterocycles. The highest BCUT2D eigenvalue weighted by Crippen LogP contribution is 2.06. The van der Waals surface area contributed by atoms with Gasteiger partial charge in [-0.2, -0.15) is 0 Å². The van der Waals surface area contributed by atoms with Crippen LogP contribution in [-0.2, 0) is 4.74 Å². The Hall–Kier alpha value is -0.800. The van der Waals surface area contributed by atoms with Crippen LogP contribution in [-0.4, -0.2) is 42.9 Å². The number of ether oxygens (including phenoxy) is 1. The van der Waals surface area contributed by atoms with Crippen molar-refractivity contribution in [3.63, 3.8) is 0 Å². The lowest BCUT2D eigenvalue weighted by atomic mass is 10.4. The minimum absolute atomic E-state index is 0.855. The molecule has 0 aromatic heterocycles. The molecule has 3 heteroatoms. The van der Waals surface area contributed by atoms with Crippen LogP contribution in [0.4, 0.5) is 0 Å². The number of morpholine rings is 1. The molecular formula is C9H14N2O. The summed E-state index contributed by atoms with van der Waals surface area (Å²) < 4.78 is 5.28. The van der Waals surface area contributed by atoms with E-state index in [9.17, 15) is 0 Å². The Balaban J connectivity index is 1.90. The fraction of sp³-hybridized carbons (Fsp3) is 0.556. The Labute approximate surface area is 72.9 Å². The lowest BCUT2D eigenvalue weighted by Gasteiger charge is -2.36. The fourth-order valence-electron chi connectivity index (χ4n) is 1.48. The lowest BCUT2D eigenvalue weighted by molar-refractivity contribution is -0.0578. The maximum absolute atomic E-state index is 5.28. The molecule has 0 bridgehead atoms. The number of hydrazine groups is 1. The first kappa shape index (κ1) is 7.83. The van der Waals surface area contributed by atoms with Gasteiger partial charge in [0, 0.05) is 19.3 Å². The van der Waals surface area contributed by atoms with E-state index in [-0.39, 0.29) is 0 Å². The van der Waals surface area contributed by atoms with Gasteiger partial charge < -0.3 is 9.75 Å². The average molecular weight is 166 g/mol. The summed E-state index contributed by atoms with van der Waals surface area (Å²) in [4.78, 5) is 0. The molecule has 12 heavy (non-hydrogen) atoms. The van der Waals surface area contributed by atoms with Gasteiger partial charge in [0.2, 0.25) is 0 Å². The molecule has 0 spiro atoms. The molecule has 0 N–H and O–H groups in total. The summed E-state index contributed by atoms with van der Waals surface area (Å²) in [6.45, 7) is 4.73. The van der Waals surface area contributed by atoms with E-state index < -0.39 is 0 Å². The third kappa shape index (κ3) is 1.68. The van der Waals surface area contributed by atoms with Crippen LogP contribution in [0.15, 0.2) is 24.4 Å². The topological polar surface area (TPSA) is 15.7 Å². The minimum atomic E-state index is 0.855. The third-order valence-electron chi connectivity index (χ3n) is 2.15. The van der Waals surface area contributed by atoms with E-state index in [4.69, 9.17) is 4.74 Å². The molecule has 1 saturated heterocycles. The van der Waals surface area contributed by atoms with E-state index >= 15 is 0 Å². The van der Waals surface area contributed by atoms with Crippen LogP contribution in [0.25, 0.3) is 0 Å². The molecule has 0 atom stereocenters. The second-order valence-electron chi connectivity index (χ2n) is 2.96. The highest BCUT2D eigenvalue weighted by molar-refractivity contribution is 5.07. The number of hydrogen-bond donors (Lipinski definition) is 0. The van der Waals surface area contributed by atoms with Crippen LogP contribution in [0.1, 0.15) is 0 Å². The van der Waals surface area contributed by atoms with E-state index in [2.05, 4.69) is 34.4 Å². The predicted octanol–water partition coefficient (Wildman–Crippen LogP) is 0.619. The maximum Gasteiger partial charge on any atom is 0.0612 e. The Morgan fingerprint density at radius 2 is 1.92 bits per heavy atom. The van der Waals surface area contributed by atoms with Gasteiger partial charge in [-0.15, -0.1) is 0 Å². The zero-order chi connectivity index (χ0) is 8.23. The molecule has 0 amide bonds. The molecular weight excluding hydrogens is 152 g/mol. The van der Waals surface area contributed by atoms with Crippen molar-refractivity contribution < 1.29 is 4.74 Å². The minimum Gasteiger partial charge on any atom is -0.379 e. The van der Waals surface area contributed by atoms with Gasteiger partial charge in [0.25, 0.3) is 0 Å². The van der Waals surface area contributed by atoms with Gasteiger partial charge in [-0.3, -0.25) is 0 Å². The van der Waals surface area contributed by atoms with Crippen LogP contribution in [0.5, 0.6) is 0 Å². The number of rotatable bonds is 1. The first-order valence-electron chi connectivity index (χ1n) is 4.39. The molecule has 0 saturated carbocycles. The van der Waals surface area contributed by atoms with Crippen molar-refractivity contribution >= 4 is 0 Å². The monoisotopic (exact) mass is 166 g/mol. The molecule has 1 fully saturated rings. The Kier molecular flexibility index (Phi) is 2.44. The molecule has 66 valence electrons. The highest BCUT2D eigenvalue weighted by Gasteiger charge is 2.14. The molecule has 0 radical (unpaired) electrons. The molecule has 2 rings (SSSR count). The van der Waals surface area contributed by atoms with Crippen molar-refractivity contribution in [1.29, 1.82) is 0 Å². The van der Waals surface area contributed by atoms with E-state index in [0.717, 1.165) is 32.8 Å². The quantitative estimate of drug-likeness (QED) is 0.568. The average Bonchev–Trinajstić information content (AvgIpc) is 2.21. The van der Waals surface area contributed by atoms with Crippen LogP contribution in [0.2, 0.25) is 0 Å². The zero-order valence-corrected chi connectivity index (χ0v) is 7.15. The van der Waals surface area contributed by atoms with Crippen molar-refractivity contribution in [2.75, 3.05) is 32.8 Å².